The average molecular weight is 403 g/mol. The molecule has 154 valence electrons. The van der Waals surface area contributed by atoms with Crippen molar-refractivity contribution in [2.75, 3.05) is 14.1 Å². The summed E-state index contributed by atoms with van der Waals surface area (Å²) in [5.41, 5.74) is 4.02. The third kappa shape index (κ3) is 4.26. The first-order chi connectivity index (χ1) is 14.5. The third-order valence-electron chi connectivity index (χ3n) is 4.96. The molecule has 0 bridgehead atoms. The van der Waals surface area contributed by atoms with Crippen LogP contribution < -0.4 is 0 Å². The Kier molecular flexibility index (Phi) is 5.63. The van der Waals surface area contributed by atoms with Crippen molar-refractivity contribution in [3.05, 3.63) is 89.2 Å². The molecule has 7 nitrogen and oxygen atoms in total. The minimum Gasteiger partial charge on any atom is -0.360 e. The first kappa shape index (κ1) is 19.8. The van der Waals surface area contributed by atoms with E-state index in [9.17, 15) is 4.79 Å². The Morgan fingerprint density at radius 3 is 2.53 bits per heavy atom. The number of hydrogen-bond donors (Lipinski definition) is 0. The lowest BCUT2D eigenvalue weighted by molar-refractivity contribution is 0.0777. The second-order valence-corrected chi connectivity index (χ2v) is 7.59. The maximum atomic E-state index is 13.3. The predicted octanol–water partition coefficient (Wildman–Crippen LogP) is 3.53. The number of carbonyl (C=O) groups is 1. The smallest absolute Gasteiger partial charge is 0.274 e. The van der Waals surface area contributed by atoms with Crippen LogP contribution in [0.4, 0.5) is 0 Å². The molecule has 7 heteroatoms. The van der Waals surface area contributed by atoms with Crippen LogP contribution in [0.1, 0.15) is 33.2 Å². The molecular weight excluding hydrogens is 378 g/mol. The van der Waals surface area contributed by atoms with E-state index < -0.39 is 0 Å². The number of nitrogens with zero attached hydrogens (tertiary/aromatic N) is 5. The molecule has 1 amide bonds. The van der Waals surface area contributed by atoms with Gasteiger partial charge in [-0.3, -0.25) is 9.69 Å². The number of pyridine rings is 1. The van der Waals surface area contributed by atoms with Gasteiger partial charge in [-0.25, -0.2) is 4.98 Å². The van der Waals surface area contributed by atoms with Gasteiger partial charge < -0.3 is 13.8 Å². The van der Waals surface area contributed by atoms with Gasteiger partial charge in [0.15, 0.2) is 11.5 Å². The lowest BCUT2D eigenvalue weighted by atomic mass is 10.2. The summed E-state index contributed by atoms with van der Waals surface area (Å²) in [6.45, 7) is 3.57. The van der Waals surface area contributed by atoms with E-state index in [1.165, 1.54) is 0 Å². The molecular formula is C23H25N5O2. The quantitative estimate of drug-likeness (QED) is 0.472. The molecule has 0 saturated carbocycles. The summed E-state index contributed by atoms with van der Waals surface area (Å²) in [5, 5.41) is 3.95. The number of amides is 1. The molecule has 0 aliphatic rings. The molecule has 4 aromatic rings. The van der Waals surface area contributed by atoms with Crippen molar-refractivity contribution >= 4 is 11.6 Å². The average Bonchev–Trinajstić information content (AvgIpc) is 3.31. The highest BCUT2D eigenvalue weighted by atomic mass is 16.5. The van der Waals surface area contributed by atoms with Crippen molar-refractivity contribution < 1.29 is 9.32 Å². The number of aromatic nitrogens is 3. The number of carbonyl (C=O) groups excluding carboxylic acids is 1. The molecule has 30 heavy (non-hydrogen) atoms. The lowest BCUT2D eigenvalue weighted by Gasteiger charge is -2.19. The zero-order valence-corrected chi connectivity index (χ0v) is 17.4. The Balaban J connectivity index is 1.60. The van der Waals surface area contributed by atoms with Crippen LogP contribution in [0.5, 0.6) is 0 Å². The lowest BCUT2D eigenvalue weighted by Crippen LogP contribution is -2.28. The standard InChI is InChI=1S/C23H25N5O2/c1-17-13-19(30-25-17)15-26(2)16-20-22(24-21-11-7-8-12-28(20)21)23(29)27(3)14-18-9-5-4-6-10-18/h4-13H,14-16H2,1-3H3. The highest BCUT2D eigenvalue weighted by Gasteiger charge is 2.23. The van der Waals surface area contributed by atoms with E-state index in [2.05, 4.69) is 15.0 Å². The van der Waals surface area contributed by atoms with E-state index in [1.807, 2.05) is 86.2 Å². The van der Waals surface area contributed by atoms with Crippen LogP contribution in [0.25, 0.3) is 5.65 Å². The zero-order chi connectivity index (χ0) is 21.1. The molecule has 0 atom stereocenters. The molecule has 3 heterocycles. The van der Waals surface area contributed by atoms with Crippen LogP contribution in [0.2, 0.25) is 0 Å². The number of imidazole rings is 1. The predicted molar refractivity (Wildman–Crippen MR) is 114 cm³/mol. The molecule has 0 saturated heterocycles. The SMILES string of the molecule is Cc1cc(CN(C)Cc2c(C(=O)N(C)Cc3ccccc3)nc3ccccn23)on1. The monoisotopic (exact) mass is 403 g/mol. The van der Waals surface area contributed by atoms with E-state index in [1.54, 1.807) is 4.90 Å². The van der Waals surface area contributed by atoms with Gasteiger partial charge in [0.1, 0.15) is 5.65 Å². The van der Waals surface area contributed by atoms with Crippen molar-refractivity contribution in [3.63, 3.8) is 0 Å². The molecule has 0 aliphatic carbocycles. The Morgan fingerprint density at radius 2 is 1.80 bits per heavy atom. The van der Waals surface area contributed by atoms with Gasteiger partial charge in [-0.1, -0.05) is 41.6 Å². The van der Waals surface area contributed by atoms with Crippen LogP contribution in [-0.2, 0) is 19.6 Å². The van der Waals surface area contributed by atoms with Gasteiger partial charge in [-0.2, -0.15) is 0 Å². The summed E-state index contributed by atoms with van der Waals surface area (Å²) >= 11 is 0. The van der Waals surface area contributed by atoms with Gasteiger partial charge in [0.05, 0.1) is 17.9 Å². The summed E-state index contributed by atoms with van der Waals surface area (Å²) in [6, 6.07) is 17.7. The van der Waals surface area contributed by atoms with E-state index >= 15 is 0 Å². The van der Waals surface area contributed by atoms with E-state index in [-0.39, 0.29) is 5.91 Å². The number of rotatable bonds is 7. The maximum absolute atomic E-state index is 13.3. The topological polar surface area (TPSA) is 66.9 Å². The maximum Gasteiger partial charge on any atom is 0.274 e. The van der Waals surface area contributed by atoms with Gasteiger partial charge >= 0.3 is 0 Å². The highest BCUT2D eigenvalue weighted by molar-refractivity contribution is 5.94. The largest absolute Gasteiger partial charge is 0.360 e. The van der Waals surface area contributed by atoms with Gasteiger partial charge in [0.25, 0.3) is 5.91 Å². The Labute approximate surface area is 175 Å². The molecule has 4 rings (SSSR count). The minimum absolute atomic E-state index is 0.0959. The van der Waals surface area contributed by atoms with Crippen molar-refractivity contribution in [2.45, 2.75) is 26.6 Å². The Bertz CT molecular complexity index is 1150. The zero-order valence-electron chi connectivity index (χ0n) is 17.4. The summed E-state index contributed by atoms with van der Waals surface area (Å²) in [5.74, 6) is 0.694. The van der Waals surface area contributed by atoms with Crippen LogP contribution in [0.3, 0.4) is 0 Å². The Morgan fingerprint density at radius 1 is 1.03 bits per heavy atom. The normalized spacial score (nSPS) is 11.3. The molecule has 0 aliphatic heterocycles. The molecule has 0 spiro atoms. The summed E-state index contributed by atoms with van der Waals surface area (Å²) < 4.78 is 7.31. The number of fused-ring (bicyclic) bond motifs is 1. The third-order valence-corrected chi connectivity index (χ3v) is 4.96. The summed E-state index contributed by atoms with van der Waals surface area (Å²) in [6.07, 6.45) is 1.94. The minimum atomic E-state index is -0.0959. The van der Waals surface area contributed by atoms with E-state index in [0.717, 1.165) is 28.4 Å². The van der Waals surface area contributed by atoms with E-state index in [4.69, 9.17) is 4.52 Å². The van der Waals surface area contributed by atoms with Gasteiger partial charge in [-0.15, -0.1) is 0 Å². The molecule has 3 aromatic heterocycles. The van der Waals surface area contributed by atoms with Crippen molar-refractivity contribution in [1.29, 1.82) is 0 Å². The molecule has 0 unspecified atom stereocenters. The fraction of sp³-hybridized carbons (Fsp3) is 0.261. The first-order valence-electron chi connectivity index (χ1n) is 9.87. The molecule has 0 fully saturated rings. The fourth-order valence-electron chi connectivity index (χ4n) is 3.55. The van der Waals surface area contributed by atoms with E-state index in [0.29, 0.717) is 25.3 Å². The summed E-state index contributed by atoms with van der Waals surface area (Å²) in [4.78, 5) is 21.7. The van der Waals surface area contributed by atoms with Gasteiger partial charge in [-0.05, 0) is 31.7 Å². The van der Waals surface area contributed by atoms with Gasteiger partial charge in [0, 0.05) is 32.4 Å². The van der Waals surface area contributed by atoms with Crippen LogP contribution >= 0.6 is 0 Å². The van der Waals surface area contributed by atoms with Crippen LogP contribution in [0, 0.1) is 6.92 Å². The first-order valence-corrected chi connectivity index (χ1v) is 9.87. The fourth-order valence-corrected chi connectivity index (χ4v) is 3.55. The number of benzene rings is 1. The number of hydrogen-bond acceptors (Lipinski definition) is 5. The van der Waals surface area contributed by atoms with Crippen molar-refractivity contribution in [1.82, 2.24) is 24.3 Å². The van der Waals surface area contributed by atoms with Crippen molar-refractivity contribution in [3.8, 4) is 0 Å². The van der Waals surface area contributed by atoms with Crippen molar-refractivity contribution in [2.24, 2.45) is 0 Å². The Hall–Kier alpha value is -3.45. The second kappa shape index (κ2) is 8.51. The summed E-state index contributed by atoms with van der Waals surface area (Å²) in [7, 11) is 3.80. The highest BCUT2D eigenvalue weighted by Crippen LogP contribution is 2.18. The molecule has 0 N–H and O–H groups in total. The van der Waals surface area contributed by atoms with Gasteiger partial charge in [0.2, 0.25) is 0 Å². The van der Waals surface area contributed by atoms with Crippen LogP contribution in [0.15, 0.2) is 65.3 Å². The van der Waals surface area contributed by atoms with Crippen LogP contribution in [-0.4, -0.2) is 44.3 Å². The molecule has 1 aromatic carbocycles. The second-order valence-electron chi connectivity index (χ2n) is 7.59. The number of aryl methyl sites for hydroxylation is 1. The molecule has 0 radical (unpaired) electrons.